The maximum atomic E-state index is 12.8. The number of carbonyl (C=O) groups is 1. The Balaban J connectivity index is 1.31. The lowest BCUT2D eigenvalue weighted by Gasteiger charge is -2.35. The number of benzene rings is 2. The Kier molecular flexibility index (Phi) is 6.82. The van der Waals surface area contributed by atoms with Crippen LogP contribution in [-0.4, -0.2) is 69.4 Å². The lowest BCUT2D eigenvalue weighted by Crippen LogP contribution is -2.50. The number of hydrogen-bond donors (Lipinski definition) is 1. The number of aliphatic hydroxyl groups excluding tert-OH is 1. The van der Waals surface area contributed by atoms with Crippen molar-refractivity contribution in [3.05, 3.63) is 76.3 Å². The molecule has 1 atom stereocenters. The van der Waals surface area contributed by atoms with Crippen LogP contribution in [0.3, 0.4) is 0 Å². The molecule has 8 heteroatoms. The Morgan fingerprint density at radius 1 is 1.03 bits per heavy atom. The van der Waals surface area contributed by atoms with Crippen LogP contribution in [-0.2, 0) is 13.0 Å². The summed E-state index contributed by atoms with van der Waals surface area (Å²) in [4.78, 5) is 28.8. The molecule has 0 radical (unpaired) electrons. The minimum absolute atomic E-state index is 0.0383. The quantitative estimate of drug-likeness (QED) is 0.608. The Labute approximate surface area is 186 Å². The molecule has 0 saturated carbocycles. The second-order valence-electron chi connectivity index (χ2n) is 8.05. The number of nitrogens with zero attached hydrogens (tertiary/aromatic N) is 4. The third-order valence-corrected chi connectivity index (χ3v) is 5.85. The number of piperazine rings is 1. The highest BCUT2D eigenvalue weighted by Crippen LogP contribution is 2.16. The number of aromatic nitrogens is 2. The minimum atomic E-state index is -0.765. The number of aliphatic hydroxyl groups is 1. The Hall–Kier alpha value is -3.23. The number of β-amino-alcohol motifs (C(OH)–C–C–N with tert-alkyl or cyclic N) is 1. The Morgan fingerprint density at radius 2 is 1.72 bits per heavy atom. The zero-order valence-electron chi connectivity index (χ0n) is 18.2. The van der Waals surface area contributed by atoms with Crippen molar-refractivity contribution in [3.8, 4) is 11.4 Å². The summed E-state index contributed by atoms with van der Waals surface area (Å²) < 4.78 is 6.19. The van der Waals surface area contributed by atoms with Crippen molar-refractivity contribution in [2.75, 3.05) is 32.7 Å². The molecular formula is C24H28N4O4. The van der Waals surface area contributed by atoms with Crippen molar-refractivity contribution in [3.63, 3.8) is 0 Å². The van der Waals surface area contributed by atoms with E-state index in [-0.39, 0.29) is 12.5 Å². The number of aryl methyl sites for hydroxylation is 1. The number of amides is 1. The summed E-state index contributed by atoms with van der Waals surface area (Å²) >= 11 is 0. The van der Waals surface area contributed by atoms with Crippen LogP contribution in [0.2, 0.25) is 0 Å². The molecule has 0 aliphatic carbocycles. The molecule has 8 nitrogen and oxygen atoms in total. The zero-order valence-corrected chi connectivity index (χ0v) is 18.2. The van der Waals surface area contributed by atoms with Crippen molar-refractivity contribution in [2.24, 2.45) is 0 Å². The van der Waals surface area contributed by atoms with Gasteiger partial charge in [0.2, 0.25) is 0 Å². The van der Waals surface area contributed by atoms with E-state index in [0.29, 0.717) is 44.1 Å². The van der Waals surface area contributed by atoms with E-state index in [9.17, 15) is 14.7 Å². The minimum Gasteiger partial charge on any atom is -0.390 e. The van der Waals surface area contributed by atoms with Crippen LogP contribution in [0.5, 0.6) is 0 Å². The molecule has 1 aliphatic heterocycles. The van der Waals surface area contributed by atoms with E-state index >= 15 is 0 Å². The molecule has 1 N–H and O–H groups in total. The Bertz CT molecular complexity index is 1080. The molecule has 0 bridgehead atoms. The van der Waals surface area contributed by atoms with Gasteiger partial charge in [-0.1, -0.05) is 54.5 Å². The largest absolute Gasteiger partial charge is 0.441 e. The first-order chi connectivity index (χ1) is 15.5. The average molecular weight is 437 g/mol. The van der Waals surface area contributed by atoms with E-state index in [2.05, 4.69) is 17.0 Å². The van der Waals surface area contributed by atoms with Crippen LogP contribution < -0.4 is 5.76 Å². The summed E-state index contributed by atoms with van der Waals surface area (Å²) in [7, 11) is 0. The molecule has 1 amide bonds. The molecule has 0 spiro atoms. The van der Waals surface area contributed by atoms with Crippen LogP contribution >= 0.6 is 0 Å². The SMILES string of the molecule is CCc1ccc(C(=O)N2CCN(CC(O)Cn3c(-c4ccccc4)noc3=O)CC2)cc1. The van der Waals surface area contributed by atoms with Gasteiger partial charge in [0.15, 0.2) is 5.82 Å². The van der Waals surface area contributed by atoms with Crippen molar-refractivity contribution >= 4 is 5.91 Å². The molecule has 1 fully saturated rings. The first-order valence-electron chi connectivity index (χ1n) is 11.0. The predicted molar refractivity (Wildman–Crippen MR) is 120 cm³/mol. The fourth-order valence-electron chi connectivity index (χ4n) is 3.99. The highest BCUT2D eigenvalue weighted by molar-refractivity contribution is 5.94. The summed E-state index contributed by atoms with van der Waals surface area (Å²) in [5.74, 6) is -0.150. The molecule has 3 aromatic rings. The van der Waals surface area contributed by atoms with E-state index in [0.717, 1.165) is 12.0 Å². The van der Waals surface area contributed by atoms with E-state index in [4.69, 9.17) is 4.52 Å². The van der Waals surface area contributed by atoms with E-state index in [1.807, 2.05) is 59.5 Å². The maximum Gasteiger partial charge on any atom is 0.441 e. The second-order valence-corrected chi connectivity index (χ2v) is 8.05. The highest BCUT2D eigenvalue weighted by atomic mass is 16.5. The molecule has 168 valence electrons. The molecule has 1 aromatic heterocycles. The van der Waals surface area contributed by atoms with Gasteiger partial charge in [-0.25, -0.2) is 4.79 Å². The summed E-state index contributed by atoms with van der Waals surface area (Å²) in [6, 6.07) is 17.0. The lowest BCUT2D eigenvalue weighted by molar-refractivity contribution is 0.0495. The molecule has 1 unspecified atom stereocenters. The Morgan fingerprint density at radius 3 is 2.38 bits per heavy atom. The van der Waals surface area contributed by atoms with Gasteiger partial charge in [-0.2, -0.15) is 0 Å². The standard InChI is InChI=1S/C24H28N4O4/c1-2-18-8-10-20(11-9-18)23(30)27-14-12-26(13-15-27)16-21(29)17-28-22(25-32-24(28)31)19-6-4-3-5-7-19/h3-11,21,29H,2,12-17H2,1H3. The molecular weight excluding hydrogens is 408 g/mol. The number of carbonyl (C=O) groups excluding carboxylic acids is 1. The monoisotopic (exact) mass is 436 g/mol. The van der Waals surface area contributed by atoms with Gasteiger partial charge in [-0.05, 0) is 24.1 Å². The molecule has 2 aromatic carbocycles. The van der Waals surface area contributed by atoms with Crippen molar-refractivity contribution in [1.29, 1.82) is 0 Å². The fourth-order valence-corrected chi connectivity index (χ4v) is 3.99. The highest BCUT2D eigenvalue weighted by Gasteiger charge is 2.24. The van der Waals surface area contributed by atoms with Gasteiger partial charge in [-0.15, -0.1) is 0 Å². The van der Waals surface area contributed by atoms with Gasteiger partial charge < -0.3 is 10.0 Å². The van der Waals surface area contributed by atoms with Crippen LogP contribution in [0.1, 0.15) is 22.8 Å². The van der Waals surface area contributed by atoms with Gasteiger partial charge >= 0.3 is 5.76 Å². The normalized spacial score (nSPS) is 15.6. The molecule has 32 heavy (non-hydrogen) atoms. The van der Waals surface area contributed by atoms with Crippen molar-refractivity contribution < 1.29 is 14.4 Å². The molecule has 1 aliphatic rings. The summed E-state index contributed by atoms with van der Waals surface area (Å²) in [6.45, 7) is 5.12. The van der Waals surface area contributed by atoms with Crippen LogP contribution in [0.4, 0.5) is 0 Å². The van der Waals surface area contributed by atoms with Crippen molar-refractivity contribution in [1.82, 2.24) is 19.5 Å². The first kappa shape index (κ1) is 22.0. The smallest absolute Gasteiger partial charge is 0.390 e. The van der Waals surface area contributed by atoms with E-state index in [1.54, 1.807) is 0 Å². The number of rotatable bonds is 7. The van der Waals surface area contributed by atoms with Gasteiger partial charge in [0.1, 0.15) is 0 Å². The van der Waals surface area contributed by atoms with Gasteiger partial charge in [0, 0.05) is 43.9 Å². The summed E-state index contributed by atoms with van der Waals surface area (Å²) in [5, 5.41) is 14.5. The predicted octanol–water partition coefficient (Wildman–Crippen LogP) is 1.88. The van der Waals surface area contributed by atoms with E-state index < -0.39 is 11.9 Å². The zero-order chi connectivity index (χ0) is 22.5. The third kappa shape index (κ3) is 4.98. The average Bonchev–Trinajstić information content (AvgIpc) is 3.19. The van der Waals surface area contributed by atoms with Crippen molar-refractivity contribution in [2.45, 2.75) is 26.0 Å². The topological polar surface area (TPSA) is 91.8 Å². The first-order valence-corrected chi connectivity index (χ1v) is 11.0. The van der Waals surface area contributed by atoms with Crippen LogP contribution in [0.15, 0.2) is 63.9 Å². The van der Waals surface area contributed by atoms with E-state index in [1.165, 1.54) is 10.1 Å². The fraction of sp³-hybridized carbons (Fsp3) is 0.375. The van der Waals surface area contributed by atoms with Gasteiger partial charge in [0.05, 0.1) is 12.6 Å². The van der Waals surface area contributed by atoms with Crippen LogP contribution in [0, 0.1) is 0 Å². The second kappa shape index (κ2) is 9.93. The lowest BCUT2D eigenvalue weighted by atomic mass is 10.1. The third-order valence-electron chi connectivity index (χ3n) is 5.85. The number of hydrogen-bond acceptors (Lipinski definition) is 6. The molecule has 1 saturated heterocycles. The van der Waals surface area contributed by atoms with Gasteiger partial charge in [0.25, 0.3) is 5.91 Å². The van der Waals surface area contributed by atoms with Crippen LogP contribution in [0.25, 0.3) is 11.4 Å². The molecule has 2 heterocycles. The summed E-state index contributed by atoms with van der Waals surface area (Å²) in [5.41, 5.74) is 2.67. The molecule has 4 rings (SSSR count). The maximum absolute atomic E-state index is 12.8. The van der Waals surface area contributed by atoms with Gasteiger partial charge in [-0.3, -0.25) is 18.8 Å². The summed E-state index contributed by atoms with van der Waals surface area (Å²) in [6.07, 6.45) is 0.182.